The number of rotatable bonds is 9. The van der Waals surface area contributed by atoms with Crippen LogP contribution in [0.4, 0.5) is 0 Å². The van der Waals surface area contributed by atoms with E-state index in [1.807, 2.05) is 103 Å². The highest BCUT2D eigenvalue weighted by atomic mass is 15.0. The van der Waals surface area contributed by atoms with Crippen LogP contribution in [0.2, 0.25) is 0 Å². The average molecular weight is 858 g/mol. The van der Waals surface area contributed by atoms with Gasteiger partial charge in [0.2, 0.25) is 0 Å². The van der Waals surface area contributed by atoms with E-state index in [1.54, 1.807) is 0 Å². The van der Waals surface area contributed by atoms with Gasteiger partial charge in [0.25, 0.3) is 0 Å². The van der Waals surface area contributed by atoms with Gasteiger partial charge in [-0.3, -0.25) is 0 Å². The molecule has 0 radical (unpaired) electrons. The van der Waals surface area contributed by atoms with E-state index in [4.69, 9.17) is 29.9 Å². The van der Waals surface area contributed by atoms with Crippen molar-refractivity contribution in [3.05, 3.63) is 237 Å². The van der Waals surface area contributed by atoms with Gasteiger partial charge in [0.1, 0.15) is 0 Å². The summed E-state index contributed by atoms with van der Waals surface area (Å²) < 4.78 is 2.35. The van der Waals surface area contributed by atoms with E-state index in [1.165, 1.54) is 0 Å². The van der Waals surface area contributed by atoms with Crippen LogP contribution in [0.3, 0.4) is 0 Å². The maximum absolute atomic E-state index is 5.45. The van der Waals surface area contributed by atoms with Crippen molar-refractivity contribution in [2.45, 2.75) is 0 Å². The van der Waals surface area contributed by atoms with Gasteiger partial charge in [0, 0.05) is 49.8 Å². The van der Waals surface area contributed by atoms with Crippen LogP contribution < -0.4 is 0 Å². The van der Waals surface area contributed by atoms with Gasteiger partial charge in [-0.05, 0) is 52.6 Å². The molecule has 7 heteroatoms. The molecule has 12 aromatic rings. The summed E-state index contributed by atoms with van der Waals surface area (Å²) in [5.41, 5.74) is 12.6. The second-order valence-corrected chi connectivity index (χ2v) is 16.3. The van der Waals surface area contributed by atoms with Gasteiger partial charge in [-0.25, -0.2) is 29.9 Å². The van der Waals surface area contributed by atoms with Gasteiger partial charge in [0.15, 0.2) is 34.9 Å². The summed E-state index contributed by atoms with van der Waals surface area (Å²) in [6.45, 7) is 0. The molecule has 9 aromatic carbocycles. The number of hydrogen-bond donors (Lipinski definition) is 0. The molecule has 0 atom stereocenters. The number of para-hydroxylation sites is 2. The molecule has 0 aliphatic carbocycles. The molecule has 314 valence electrons. The fourth-order valence-corrected chi connectivity index (χ4v) is 9.02. The Labute approximate surface area is 387 Å². The molecule has 67 heavy (non-hydrogen) atoms. The van der Waals surface area contributed by atoms with Crippen LogP contribution >= 0.6 is 0 Å². The van der Waals surface area contributed by atoms with Crippen molar-refractivity contribution in [1.29, 1.82) is 0 Å². The molecule has 0 saturated carbocycles. The Morgan fingerprint density at radius 2 is 0.657 bits per heavy atom. The third kappa shape index (κ3) is 7.40. The van der Waals surface area contributed by atoms with Gasteiger partial charge in [0.05, 0.1) is 11.0 Å². The SMILES string of the molecule is c1ccc(-c2nc(-c3ccccc3)nc(-c3ccc(-c4cccc5c4c4ccccc4n5-c4ccccc4)c(-c4nc(-c5ccccc5)nc(-c5ccccc5-c5ccccc5)n4)c3)n2)cc1. The third-order valence-electron chi connectivity index (χ3n) is 12.1. The minimum atomic E-state index is 0.521. The van der Waals surface area contributed by atoms with Crippen molar-refractivity contribution in [3.63, 3.8) is 0 Å². The fraction of sp³-hybridized carbons (Fsp3) is 0. The Balaban J connectivity index is 1.15. The topological polar surface area (TPSA) is 82.3 Å². The summed E-state index contributed by atoms with van der Waals surface area (Å²) in [5.74, 6) is 3.35. The Bertz CT molecular complexity index is 3670. The predicted octanol–water partition coefficient (Wildman–Crippen LogP) is 14.5. The van der Waals surface area contributed by atoms with Crippen molar-refractivity contribution >= 4 is 21.8 Å². The fourth-order valence-electron chi connectivity index (χ4n) is 9.02. The molecule has 0 aliphatic heterocycles. The first-order chi connectivity index (χ1) is 33.2. The molecule has 12 rings (SSSR count). The highest BCUT2D eigenvalue weighted by Gasteiger charge is 2.23. The van der Waals surface area contributed by atoms with Crippen LogP contribution in [0.5, 0.6) is 0 Å². The smallest absolute Gasteiger partial charge is 0.164 e. The quantitative estimate of drug-likeness (QED) is 0.144. The lowest BCUT2D eigenvalue weighted by Gasteiger charge is -2.16. The highest BCUT2D eigenvalue weighted by Crippen LogP contribution is 2.43. The first-order valence-corrected chi connectivity index (χ1v) is 22.3. The van der Waals surface area contributed by atoms with Crippen LogP contribution in [0, 0.1) is 0 Å². The second kappa shape index (κ2) is 17.1. The lowest BCUT2D eigenvalue weighted by atomic mass is 9.93. The number of nitrogens with zero attached hydrogens (tertiary/aromatic N) is 7. The molecule has 0 unspecified atom stereocenters. The molecule has 0 bridgehead atoms. The minimum absolute atomic E-state index is 0.521. The molecular weight excluding hydrogens is 819 g/mol. The number of fused-ring (bicyclic) bond motifs is 3. The zero-order chi connectivity index (χ0) is 44.5. The molecule has 0 aliphatic rings. The van der Waals surface area contributed by atoms with Crippen molar-refractivity contribution in [2.24, 2.45) is 0 Å². The summed E-state index contributed by atoms with van der Waals surface area (Å²) in [5, 5.41) is 2.27. The maximum Gasteiger partial charge on any atom is 0.164 e. The summed E-state index contributed by atoms with van der Waals surface area (Å²) in [4.78, 5) is 31.4. The lowest BCUT2D eigenvalue weighted by Crippen LogP contribution is -2.03. The first-order valence-electron chi connectivity index (χ1n) is 22.3. The zero-order valence-electron chi connectivity index (χ0n) is 36.1. The highest BCUT2D eigenvalue weighted by molar-refractivity contribution is 6.16. The predicted molar refractivity (Wildman–Crippen MR) is 271 cm³/mol. The lowest BCUT2D eigenvalue weighted by molar-refractivity contribution is 1.07. The number of aromatic nitrogens is 7. The minimum Gasteiger partial charge on any atom is -0.309 e. The molecule has 0 N–H and O–H groups in total. The molecule has 7 nitrogen and oxygen atoms in total. The van der Waals surface area contributed by atoms with Crippen LogP contribution in [0.1, 0.15) is 0 Å². The normalized spacial score (nSPS) is 11.3. The Morgan fingerprint density at radius 3 is 1.25 bits per heavy atom. The Hall–Kier alpha value is -9.20. The zero-order valence-corrected chi connectivity index (χ0v) is 36.1. The number of hydrogen-bond acceptors (Lipinski definition) is 6. The van der Waals surface area contributed by atoms with Crippen molar-refractivity contribution < 1.29 is 0 Å². The Kier molecular flexibility index (Phi) is 10.0. The van der Waals surface area contributed by atoms with Gasteiger partial charge < -0.3 is 4.57 Å². The second-order valence-electron chi connectivity index (χ2n) is 16.3. The van der Waals surface area contributed by atoms with Gasteiger partial charge in [-0.1, -0.05) is 206 Å². The average Bonchev–Trinajstić information content (AvgIpc) is 3.76. The summed E-state index contributed by atoms with van der Waals surface area (Å²) >= 11 is 0. The van der Waals surface area contributed by atoms with Crippen LogP contribution in [0.15, 0.2) is 237 Å². The van der Waals surface area contributed by atoms with Crippen LogP contribution in [0.25, 0.3) is 118 Å². The molecule has 0 spiro atoms. The third-order valence-corrected chi connectivity index (χ3v) is 12.1. The van der Waals surface area contributed by atoms with Gasteiger partial charge >= 0.3 is 0 Å². The Morgan fingerprint density at radius 1 is 0.239 bits per heavy atom. The van der Waals surface area contributed by atoms with Gasteiger partial charge in [-0.15, -0.1) is 0 Å². The monoisotopic (exact) mass is 857 g/mol. The molecule has 0 fully saturated rings. The summed E-state index contributed by atoms with van der Waals surface area (Å²) in [7, 11) is 0. The van der Waals surface area contributed by atoms with E-state index in [0.717, 1.165) is 83.1 Å². The largest absolute Gasteiger partial charge is 0.309 e. The van der Waals surface area contributed by atoms with E-state index >= 15 is 0 Å². The van der Waals surface area contributed by atoms with Crippen molar-refractivity contribution in [3.8, 4) is 96.3 Å². The van der Waals surface area contributed by atoms with E-state index in [0.29, 0.717) is 34.9 Å². The first kappa shape index (κ1) is 39.4. The van der Waals surface area contributed by atoms with E-state index in [9.17, 15) is 0 Å². The van der Waals surface area contributed by atoms with Crippen molar-refractivity contribution in [1.82, 2.24) is 34.5 Å². The molecule has 0 saturated heterocycles. The molecular formula is C60H39N7. The molecule has 3 aromatic heterocycles. The molecule has 3 heterocycles. The summed E-state index contributed by atoms with van der Waals surface area (Å²) in [6, 6.07) is 81.1. The van der Waals surface area contributed by atoms with Crippen LogP contribution in [-0.2, 0) is 0 Å². The molecule has 0 amide bonds. The van der Waals surface area contributed by atoms with E-state index in [2.05, 4.69) is 138 Å². The van der Waals surface area contributed by atoms with Gasteiger partial charge in [-0.2, -0.15) is 0 Å². The number of benzene rings is 9. The van der Waals surface area contributed by atoms with E-state index < -0.39 is 0 Å². The maximum atomic E-state index is 5.45. The van der Waals surface area contributed by atoms with E-state index in [-0.39, 0.29) is 0 Å². The van der Waals surface area contributed by atoms with Crippen molar-refractivity contribution in [2.75, 3.05) is 0 Å². The van der Waals surface area contributed by atoms with Crippen LogP contribution in [-0.4, -0.2) is 34.5 Å². The summed E-state index contributed by atoms with van der Waals surface area (Å²) in [6.07, 6.45) is 0. The standard InChI is InChI=1S/C60H39N7/c1-6-21-40(22-7-1)46-31-16-17-32-49(46)59-64-57(43-27-12-4-13-28-43)65-60(66-59)51-39-44(58-62-55(41-23-8-2-9-24-41)61-56(63-58)42-25-10-3-11-26-42)37-38-47(51)48-34-20-36-53-54(48)50-33-18-19-35-52(50)67(53)45-29-14-5-15-30-45/h1-39H.